The molecule has 0 amide bonds. The molecule has 0 spiro atoms. The van der Waals surface area contributed by atoms with Crippen molar-refractivity contribution in [3.8, 4) is 0 Å². The average molecular weight is 313 g/mol. The van der Waals surface area contributed by atoms with E-state index in [-0.39, 0.29) is 0 Å². The number of rotatable bonds is 7. The number of nitrogens with zero attached hydrogens (tertiary/aromatic N) is 1. The molecule has 0 saturated carbocycles. The van der Waals surface area contributed by atoms with Gasteiger partial charge in [0, 0.05) is 16.7 Å². The fraction of sp³-hybridized carbons (Fsp3) is 0.812. The molecule has 2 nitrogen and oxygen atoms in total. The third-order valence-corrected chi connectivity index (χ3v) is 6.27. The summed E-state index contributed by atoms with van der Waals surface area (Å²) >= 11 is 3.97. The fourth-order valence-electron chi connectivity index (χ4n) is 2.83. The highest BCUT2D eigenvalue weighted by molar-refractivity contribution is 7.98. The maximum Gasteiger partial charge on any atom is 0.103 e. The Labute approximate surface area is 132 Å². The summed E-state index contributed by atoms with van der Waals surface area (Å²) in [4.78, 5) is 6.45. The van der Waals surface area contributed by atoms with Gasteiger partial charge in [-0.25, -0.2) is 4.98 Å². The summed E-state index contributed by atoms with van der Waals surface area (Å²) in [5.74, 6) is 2.33. The summed E-state index contributed by atoms with van der Waals surface area (Å²) in [6.45, 7) is 10.3. The van der Waals surface area contributed by atoms with Crippen LogP contribution in [0.3, 0.4) is 0 Å². The van der Waals surface area contributed by atoms with Crippen LogP contribution >= 0.6 is 23.1 Å². The van der Waals surface area contributed by atoms with Crippen molar-refractivity contribution in [2.75, 3.05) is 12.3 Å². The molecule has 114 valence electrons. The van der Waals surface area contributed by atoms with Crippen LogP contribution in [-0.4, -0.2) is 17.3 Å². The normalized spacial score (nSPS) is 20.9. The zero-order valence-corrected chi connectivity index (χ0v) is 14.9. The zero-order valence-electron chi connectivity index (χ0n) is 13.3. The summed E-state index contributed by atoms with van der Waals surface area (Å²) in [6.07, 6.45) is 4.83. The van der Waals surface area contributed by atoms with Crippen LogP contribution in [0.5, 0.6) is 0 Å². The number of nitrogens with one attached hydrogen (secondary N) is 1. The first kappa shape index (κ1) is 16.3. The molecule has 0 fully saturated rings. The summed E-state index contributed by atoms with van der Waals surface area (Å²) in [7, 11) is 0. The quantitative estimate of drug-likeness (QED) is 0.732. The minimum Gasteiger partial charge on any atom is -0.309 e. The largest absolute Gasteiger partial charge is 0.309 e. The molecule has 1 heterocycles. The standard InChI is InChI=1S/C16H28N2S2/c1-5-7-17-12-9-16(3,4)10-13-15(12)20-14(18-13)11-19-8-6-2/h12,17H,5-11H2,1-4H3. The Bertz CT molecular complexity index is 426. The van der Waals surface area contributed by atoms with Crippen LogP contribution in [-0.2, 0) is 12.2 Å². The molecule has 0 saturated heterocycles. The van der Waals surface area contributed by atoms with Crippen molar-refractivity contribution < 1.29 is 0 Å². The Balaban J connectivity index is 2.11. The molecule has 20 heavy (non-hydrogen) atoms. The van der Waals surface area contributed by atoms with Crippen molar-refractivity contribution in [2.45, 2.75) is 65.2 Å². The van der Waals surface area contributed by atoms with Crippen molar-refractivity contribution in [1.82, 2.24) is 10.3 Å². The summed E-state index contributed by atoms with van der Waals surface area (Å²) < 4.78 is 0. The third kappa shape index (κ3) is 4.22. The molecule has 0 bridgehead atoms. The topological polar surface area (TPSA) is 24.9 Å². The van der Waals surface area contributed by atoms with E-state index in [2.05, 4.69) is 33.0 Å². The predicted molar refractivity (Wildman–Crippen MR) is 91.7 cm³/mol. The highest BCUT2D eigenvalue weighted by atomic mass is 32.2. The van der Waals surface area contributed by atoms with Gasteiger partial charge in [0.2, 0.25) is 0 Å². The number of thioether (sulfide) groups is 1. The van der Waals surface area contributed by atoms with Gasteiger partial charge >= 0.3 is 0 Å². The van der Waals surface area contributed by atoms with E-state index in [9.17, 15) is 0 Å². The second-order valence-electron chi connectivity index (χ2n) is 6.52. The SMILES string of the molecule is CCCNC1CC(C)(C)Cc2nc(CSCCC)sc21. The molecule has 0 aliphatic heterocycles. The Kier molecular flexibility index (Phi) is 5.94. The van der Waals surface area contributed by atoms with Crippen LogP contribution in [0.25, 0.3) is 0 Å². The van der Waals surface area contributed by atoms with E-state index in [0.717, 1.165) is 18.7 Å². The molecule has 2 rings (SSSR count). The van der Waals surface area contributed by atoms with E-state index >= 15 is 0 Å². The van der Waals surface area contributed by atoms with Crippen LogP contribution in [0.1, 0.15) is 68.6 Å². The molecule has 0 aromatic carbocycles. The number of thiazole rings is 1. The molecule has 1 unspecified atom stereocenters. The molecular formula is C16H28N2S2. The molecule has 1 aliphatic rings. The predicted octanol–water partition coefficient (Wildman–Crippen LogP) is 4.80. The molecule has 1 aromatic rings. The number of hydrogen-bond donors (Lipinski definition) is 1. The van der Waals surface area contributed by atoms with E-state index in [1.807, 2.05) is 23.1 Å². The molecule has 1 atom stereocenters. The van der Waals surface area contributed by atoms with Gasteiger partial charge in [0.1, 0.15) is 5.01 Å². The smallest absolute Gasteiger partial charge is 0.103 e. The maximum absolute atomic E-state index is 4.93. The lowest BCUT2D eigenvalue weighted by molar-refractivity contribution is 0.258. The van der Waals surface area contributed by atoms with Gasteiger partial charge in [-0.1, -0.05) is 27.7 Å². The molecule has 1 N–H and O–H groups in total. The van der Waals surface area contributed by atoms with E-state index in [1.165, 1.54) is 40.6 Å². The van der Waals surface area contributed by atoms with Gasteiger partial charge in [-0.05, 0) is 43.4 Å². The highest BCUT2D eigenvalue weighted by Crippen LogP contribution is 2.43. The Morgan fingerprint density at radius 1 is 1.35 bits per heavy atom. The molecule has 0 radical (unpaired) electrons. The van der Waals surface area contributed by atoms with Crippen molar-refractivity contribution in [3.05, 3.63) is 15.6 Å². The Morgan fingerprint density at radius 3 is 2.85 bits per heavy atom. The van der Waals surface area contributed by atoms with Crippen molar-refractivity contribution >= 4 is 23.1 Å². The summed E-state index contributed by atoms with van der Waals surface area (Å²) in [6, 6.07) is 0.524. The maximum atomic E-state index is 4.93. The van der Waals surface area contributed by atoms with Crippen LogP contribution < -0.4 is 5.32 Å². The lowest BCUT2D eigenvalue weighted by Crippen LogP contribution is -2.33. The van der Waals surface area contributed by atoms with E-state index in [0.29, 0.717) is 11.5 Å². The van der Waals surface area contributed by atoms with Crippen molar-refractivity contribution in [1.29, 1.82) is 0 Å². The molecule has 1 aliphatic carbocycles. The second-order valence-corrected chi connectivity index (χ2v) is 8.74. The minimum absolute atomic E-state index is 0.375. The van der Waals surface area contributed by atoms with Gasteiger partial charge in [0.25, 0.3) is 0 Å². The summed E-state index contributed by atoms with van der Waals surface area (Å²) in [5.41, 5.74) is 1.74. The van der Waals surface area contributed by atoms with E-state index in [1.54, 1.807) is 0 Å². The Hall–Kier alpha value is -0.0600. The second kappa shape index (κ2) is 7.28. The monoisotopic (exact) mass is 312 g/mol. The van der Waals surface area contributed by atoms with Crippen LogP contribution in [0.15, 0.2) is 0 Å². The lowest BCUT2D eigenvalue weighted by atomic mass is 9.76. The van der Waals surface area contributed by atoms with Crippen LogP contribution in [0.2, 0.25) is 0 Å². The average Bonchev–Trinajstić information content (AvgIpc) is 2.77. The molecule has 4 heteroatoms. The van der Waals surface area contributed by atoms with Crippen molar-refractivity contribution in [3.63, 3.8) is 0 Å². The van der Waals surface area contributed by atoms with Crippen molar-refractivity contribution in [2.24, 2.45) is 5.41 Å². The first-order valence-corrected chi connectivity index (χ1v) is 9.82. The fourth-order valence-corrected chi connectivity index (χ4v) is 4.95. The third-order valence-electron chi connectivity index (χ3n) is 3.71. The van der Waals surface area contributed by atoms with Gasteiger partial charge in [0.05, 0.1) is 5.69 Å². The first-order valence-electron chi connectivity index (χ1n) is 7.85. The van der Waals surface area contributed by atoms with E-state index < -0.39 is 0 Å². The first-order chi connectivity index (χ1) is 9.55. The summed E-state index contributed by atoms with van der Waals surface area (Å²) in [5, 5.41) is 5.06. The highest BCUT2D eigenvalue weighted by Gasteiger charge is 2.34. The van der Waals surface area contributed by atoms with Gasteiger partial charge in [-0.2, -0.15) is 11.8 Å². The van der Waals surface area contributed by atoms with E-state index in [4.69, 9.17) is 4.98 Å². The lowest BCUT2D eigenvalue weighted by Gasteiger charge is -2.34. The molecule has 1 aromatic heterocycles. The number of fused-ring (bicyclic) bond motifs is 1. The number of hydrogen-bond acceptors (Lipinski definition) is 4. The molecular weight excluding hydrogens is 284 g/mol. The van der Waals surface area contributed by atoms with Crippen LogP contribution in [0, 0.1) is 5.41 Å². The van der Waals surface area contributed by atoms with Gasteiger partial charge in [0.15, 0.2) is 0 Å². The number of aromatic nitrogens is 1. The van der Waals surface area contributed by atoms with Crippen LogP contribution in [0.4, 0.5) is 0 Å². The Morgan fingerprint density at radius 2 is 2.15 bits per heavy atom. The van der Waals surface area contributed by atoms with Gasteiger partial charge in [-0.15, -0.1) is 11.3 Å². The van der Waals surface area contributed by atoms with Gasteiger partial charge < -0.3 is 5.32 Å². The zero-order chi connectivity index (χ0) is 14.6. The minimum atomic E-state index is 0.375. The van der Waals surface area contributed by atoms with Gasteiger partial charge in [-0.3, -0.25) is 0 Å².